The van der Waals surface area contributed by atoms with Crippen molar-refractivity contribution in [2.45, 2.75) is 104 Å². The van der Waals surface area contributed by atoms with Crippen molar-refractivity contribution in [3.63, 3.8) is 0 Å². The van der Waals surface area contributed by atoms with Crippen molar-refractivity contribution in [2.24, 2.45) is 11.8 Å². The highest BCUT2D eigenvalue weighted by atomic mass is 16.4. The number of ketones is 1. The van der Waals surface area contributed by atoms with Crippen LogP contribution in [0, 0.1) is 11.8 Å². The third-order valence-electron chi connectivity index (χ3n) is 4.92. The first-order valence-corrected chi connectivity index (χ1v) is 9.79. The number of aliphatic carboxylic acids is 1. The number of carbonyl (C=O) groups is 2. The summed E-state index contributed by atoms with van der Waals surface area (Å²) in [7, 11) is 0. The molecule has 0 aromatic carbocycles. The molecule has 0 radical (unpaired) electrons. The van der Waals surface area contributed by atoms with Gasteiger partial charge in [-0.1, -0.05) is 58.8 Å². The molecule has 0 spiro atoms. The Kier molecular flexibility index (Phi) is 13.9. The lowest BCUT2D eigenvalue weighted by molar-refractivity contribution is -0.141. The summed E-state index contributed by atoms with van der Waals surface area (Å²) in [6, 6.07) is 0. The average Bonchev–Trinajstić information content (AvgIpc) is 2.52. The smallest absolute Gasteiger partial charge is 0.306 e. The maximum atomic E-state index is 11.8. The molecule has 0 aromatic rings. The largest absolute Gasteiger partial charge is 0.481 e. The van der Waals surface area contributed by atoms with Gasteiger partial charge in [-0.3, -0.25) is 9.59 Å². The maximum Gasteiger partial charge on any atom is 0.306 e. The molecule has 0 rings (SSSR count). The molecule has 2 N–H and O–H groups in total. The number of Topliss-reactive ketones (excluding diaryl/α,β-unsaturated/α-hetero) is 1. The van der Waals surface area contributed by atoms with E-state index in [9.17, 15) is 14.7 Å². The van der Waals surface area contributed by atoms with Crippen LogP contribution in [0.3, 0.4) is 0 Å². The van der Waals surface area contributed by atoms with Crippen LogP contribution in [0.4, 0.5) is 0 Å². The van der Waals surface area contributed by atoms with Crippen LogP contribution in [-0.4, -0.2) is 28.1 Å². The predicted molar refractivity (Wildman–Crippen MR) is 98.1 cm³/mol. The van der Waals surface area contributed by atoms with Crippen LogP contribution in [-0.2, 0) is 9.59 Å². The van der Waals surface area contributed by atoms with E-state index in [4.69, 9.17) is 5.11 Å². The van der Waals surface area contributed by atoms with Gasteiger partial charge in [0, 0.05) is 5.92 Å². The van der Waals surface area contributed by atoms with Gasteiger partial charge in [-0.05, 0) is 39.0 Å². The molecule has 0 aliphatic rings. The summed E-state index contributed by atoms with van der Waals surface area (Å²) in [5, 5.41) is 18.8. The lowest BCUT2D eigenvalue weighted by atomic mass is 9.90. The molecule has 0 saturated carbocycles. The number of rotatable bonds is 16. The third kappa shape index (κ3) is 12.5. The van der Waals surface area contributed by atoms with E-state index in [0.29, 0.717) is 6.42 Å². The Bertz CT molecular complexity index is 341. The summed E-state index contributed by atoms with van der Waals surface area (Å²) in [5.41, 5.74) is 0. The Morgan fingerprint density at radius 2 is 1.38 bits per heavy atom. The Hall–Kier alpha value is -0.900. The molecular weight excluding hydrogens is 304 g/mol. The second kappa shape index (κ2) is 14.4. The Balaban J connectivity index is 3.82. The van der Waals surface area contributed by atoms with E-state index in [0.717, 1.165) is 57.8 Å². The van der Waals surface area contributed by atoms with Gasteiger partial charge < -0.3 is 10.2 Å². The second-order valence-corrected chi connectivity index (χ2v) is 7.27. The first-order chi connectivity index (χ1) is 11.4. The number of carboxylic acid groups (broad SMARTS) is 1. The molecule has 0 bridgehead atoms. The molecule has 142 valence electrons. The maximum absolute atomic E-state index is 11.8. The van der Waals surface area contributed by atoms with E-state index in [2.05, 4.69) is 6.92 Å². The Morgan fingerprint density at radius 1 is 0.833 bits per heavy atom. The van der Waals surface area contributed by atoms with Gasteiger partial charge in [-0.25, -0.2) is 0 Å². The summed E-state index contributed by atoms with van der Waals surface area (Å²) in [4.78, 5) is 22.5. The normalized spacial score (nSPS) is 15.0. The van der Waals surface area contributed by atoms with Crippen LogP contribution < -0.4 is 0 Å². The molecule has 24 heavy (non-hydrogen) atoms. The molecule has 3 atom stereocenters. The van der Waals surface area contributed by atoms with Crippen molar-refractivity contribution in [2.75, 3.05) is 0 Å². The highest BCUT2D eigenvalue weighted by Crippen LogP contribution is 2.20. The molecule has 0 heterocycles. The van der Waals surface area contributed by atoms with Gasteiger partial charge in [0.15, 0.2) is 0 Å². The molecule has 0 saturated heterocycles. The van der Waals surface area contributed by atoms with E-state index in [1.165, 1.54) is 12.8 Å². The molecule has 3 unspecified atom stereocenters. The summed E-state index contributed by atoms with van der Waals surface area (Å²) >= 11 is 0. The van der Waals surface area contributed by atoms with E-state index in [-0.39, 0.29) is 23.7 Å². The molecule has 4 nitrogen and oxygen atoms in total. The van der Waals surface area contributed by atoms with Crippen LogP contribution in [0.1, 0.15) is 97.8 Å². The molecule has 0 amide bonds. The zero-order valence-corrected chi connectivity index (χ0v) is 15.9. The minimum Gasteiger partial charge on any atom is -0.481 e. The van der Waals surface area contributed by atoms with Gasteiger partial charge in [0.25, 0.3) is 0 Å². The number of hydrogen-bond donors (Lipinski definition) is 2. The van der Waals surface area contributed by atoms with Crippen molar-refractivity contribution < 1.29 is 19.8 Å². The zero-order chi connectivity index (χ0) is 18.4. The third-order valence-corrected chi connectivity index (χ3v) is 4.92. The lowest BCUT2D eigenvalue weighted by Crippen LogP contribution is -2.13. The van der Waals surface area contributed by atoms with Crippen LogP contribution in [0.5, 0.6) is 0 Å². The molecular formula is C20H38O4. The highest BCUT2D eigenvalue weighted by Gasteiger charge is 2.15. The molecule has 4 heteroatoms. The molecule has 0 aromatic heterocycles. The van der Waals surface area contributed by atoms with Crippen molar-refractivity contribution in [1.82, 2.24) is 0 Å². The topological polar surface area (TPSA) is 74.6 Å². The number of carbonyl (C=O) groups excluding carboxylic acids is 1. The fourth-order valence-corrected chi connectivity index (χ4v) is 3.07. The van der Waals surface area contributed by atoms with Gasteiger partial charge in [0.1, 0.15) is 5.78 Å². The number of unbranched alkanes of at least 4 members (excludes halogenated alkanes) is 4. The Labute approximate surface area is 148 Å². The number of hydrogen-bond acceptors (Lipinski definition) is 3. The summed E-state index contributed by atoms with van der Waals surface area (Å²) in [6.45, 7) is 5.56. The van der Waals surface area contributed by atoms with Crippen LogP contribution in [0.2, 0.25) is 0 Å². The molecule has 0 aliphatic carbocycles. The minimum atomic E-state index is -0.728. The Morgan fingerprint density at radius 3 is 1.96 bits per heavy atom. The fourth-order valence-electron chi connectivity index (χ4n) is 3.07. The van der Waals surface area contributed by atoms with Crippen molar-refractivity contribution in [1.29, 1.82) is 0 Å². The van der Waals surface area contributed by atoms with E-state index in [1.807, 2.05) is 0 Å². The second-order valence-electron chi connectivity index (χ2n) is 7.27. The number of aliphatic hydroxyl groups excluding tert-OH is 1. The standard InChI is InChI=1S/C20H38O4/c1-4-5-7-14-19(22)15-10-13-18(17(3)21)12-9-6-8-11-16(2)20(23)24/h16,18-19,22H,4-15H2,1-3H3,(H,23,24). The van der Waals surface area contributed by atoms with Gasteiger partial charge in [-0.2, -0.15) is 0 Å². The van der Waals surface area contributed by atoms with Crippen molar-refractivity contribution >= 4 is 11.8 Å². The van der Waals surface area contributed by atoms with E-state index in [1.54, 1.807) is 13.8 Å². The van der Waals surface area contributed by atoms with Gasteiger partial charge in [0.2, 0.25) is 0 Å². The van der Waals surface area contributed by atoms with E-state index >= 15 is 0 Å². The molecule has 0 aliphatic heterocycles. The summed E-state index contributed by atoms with van der Waals surface area (Å²) in [5.74, 6) is -0.656. The van der Waals surface area contributed by atoms with Crippen molar-refractivity contribution in [3.8, 4) is 0 Å². The van der Waals surface area contributed by atoms with E-state index < -0.39 is 5.97 Å². The highest BCUT2D eigenvalue weighted by molar-refractivity contribution is 5.78. The van der Waals surface area contributed by atoms with Gasteiger partial charge in [-0.15, -0.1) is 0 Å². The number of aliphatic hydroxyl groups is 1. The first-order valence-electron chi connectivity index (χ1n) is 9.79. The van der Waals surface area contributed by atoms with Crippen molar-refractivity contribution in [3.05, 3.63) is 0 Å². The predicted octanol–water partition coefficient (Wildman–Crippen LogP) is 4.97. The number of carboxylic acids is 1. The SMILES string of the molecule is CCCCCC(O)CCCC(CCCCCC(C)C(=O)O)C(C)=O. The summed E-state index contributed by atoms with van der Waals surface area (Å²) in [6.07, 6.45) is 11.1. The van der Waals surface area contributed by atoms with Crippen LogP contribution in [0.15, 0.2) is 0 Å². The fraction of sp³-hybridized carbons (Fsp3) is 0.900. The zero-order valence-electron chi connectivity index (χ0n) is 15.9. The summed E-state index contributed by atoms with van der Waals surface area (Å²) < 4.78 is 0. The quantitative estimate of drug-likeness (QED) is 0.388. The van der Waals surface area contributed by atoms with Crippen LogP contribution in [0.25, 0.3) is 0 Å². The van der Waals surface area contributed by atoms with Crippen LogP contribution >= 0.6 is 0 Å². The minimum absolute atomic E-state index is 0.102. The first kappa shape index (κ1) is 23.1. The molecule has 0 fully saturated rings. The van der Waals surface area contributed by atoms with Gasteiger partial charge in [0.05, 0.1) is 12.0 Å². The average molecular weight is 343 g/mol. The lowest BCUT2D eigenvalue weighted by Gasteiger charge is -2.15. The van der Waals surface area contributed by atoms with Gasteiger partial charge >= 0.3 is 5.97 Å². The monoisotopic (exact) mass is 342 g/mol.